The number of amides is 2. The van der Waals surface area contributed by atoms with Gasteiger partial charge in [0.15, 0.2) is 5.82 Å². The van der Waals surface area contributed by atoms with E-state index in [1.54, 1.807) is 6.07 Å². The van der Waals surface area contributed by atoms with Crippen molar-refractivity contribution in [2.75, 3.05) is 10.3 Å². The second kappa shape index (κ2) is 12.4. The second-order valence-corrected chi connectivity index (χ2v) is 13.3. The van der Waals surface area contributed by atoms with E-state index in [-0.39, 0.29) is 45.3 Å². The van der Waals surface area contributed by atoms with Gasteiger partial charge in [0.25, 0.3) is 21.7 Å². The monoisotopic (exact) mass is 724 g/mol. The predicted octanol–water partition coefficient (Wildman–Crippen LogP) is 5.46. The molecule has 17 heteroatoms. The van der Waals surface area contributed by atoms with E-state index in [1.807, 2.05) is 6.92 Å². The smallest absolute Gasteiger partial charge is 0.295 e. The van der Waals surface area contributed by atoms with Crippen LogP contribution in [0.2, 0.25) is 10.0 Å². The Kier molecular flexibility index (Phi) is 8.96. The van der Waals surface area contributed by atoms with Crippen LogP contribution in [0.25, 0.3) is 0 Å². The molecule has 0 bridgehead atoms. The normalized spacial score (nSPS) is 17.2. The van der Waals surface area contributed by atoms with Gasteiger partial charge in [0.2, 0.25) is 5.91 Å². The number of anilines is 2. The van der Waals surface area contributed by atoms with Crippen LogP contribution < -0.4 is 15.6 Å². The molecule has 1 aromatic heterocycles. The van der Waals surface area contributed by atoms with Crippen molar-refractivity contribution < 1.29 is 27.5 Å². The number of carbonyl (C=O) groups is 2. The molecular weight excluding hydrogens is 703 g/mol. The molecule has 2 heterocycles. The zero-order valence-electron chi connectivity index (χ0n) is 22.7. The van der Waals surface area contributed by atoms with Gasteiger partial charge in [-0.15, -0.1) is 0 Å². The van der Waals surface area contributed by atoms with Gasteiger partial charge in [0.05, 0.1) is 32.5 Å². The number of nitrogens with one attached hydrogen (secondary N) is 2. The standard InChI is InChI=1S/C27H23BrCl2N6O7S/c1-13(14-7-8-14)32-26(37)16-10-15(29)11-17(28)24(16)33-27(38)21-12-19(34-35(21)25-18(30)4-3-9-31-25)23-20(36(39)40)5-2-6-22(23)44(41,42)43/h2-6,9-11,13-14,21H,7-8,12H2,1H3,(H,32,37)(H,33,38)(H,41,42,43). The summed E-state index contributed by atoms with van der Waals surface area (Å²) in [7, 11) is -4.95. The van der Waals surface area contributed by atoms with Gasteiger partial charge in [-0.25, -0.2) is 9.99 Å². The van der Waals surface area contributed by atoms with Gasteiger partial charge in [0.1, 0.15) is 10.9 Å². The van der Waals surface area contributed by atoms with Crippen molar-refractivity contribution in [3.8, 4) is 0 Å². The molecule has 0 spiro atoms. The van der Waals surface area contributed by atoms with E-state index in [0.717, 1.165) is 36.0 Å². The van der Waals surface area contributed by atoms with E-state index in [1.165, 1.54) is 24.4 Å². The molecule has 0 radical (unpaired) electrons. The Balaban J connectivity index is 1.56. The van der Waals surface area contributed by atoms with E-state index in [9.17, 15) is 32.7 Å². The molecule has 2 unspecified atom stereocenters. The van der Waals surface area contributed by atoms with Crippen LogP contribution in [-0.4, -0.2) is 52.5 Å². The molecule has 5 rings (SSSR count). The lowest BCUT2D eigenvalue weighted by Crippen LogP contribution is -2.40. The van der Waals surface area contributed by atoms with E-state index in [2.05, 4.69) is 36.6 Å². The van der Waals surface area contributed by atoms with Crippen LogP contribution in [0.3, 0.4) is 0 Å². The molecule has 2 aliphatic rings. The number of hydrogen-bond donors (Lipinski definition) is 3. The molecule has 1 aliphatic carbocycles. The molecule has 13 nitrogen and oxygen atoms in total. The maximum atomic E-state index is 14.0. The van der Waals surface area contributed by atoms with Crippen LogP contribution in [0.4, 0.5) is 17.2 Å². The van der Waals surface area contributed by atoms with Crippen molar-refractivity contribution in [3.63, 3.8) is 0 Å². The lowest BCUT2D eigenvalue weighted by atomic mass is 10.0. The lowest BCUT2D eigenvalue weighted by Gasteiger charge is -2.23. The molecule has 3 aromatic rings. The number of nitro groups is 1. The highest BCUT2D eigenvalue weighted by Crippen LogP contribution is 2.37. The number of hydrazone groups is 1. The molecule has 1 aliphatic heterocycles. The molecule has 1 saturated carbocycles. The summed E-state index contributed by atoms with van der Waals surface area (Å²) in [5, 5.41) is 23.3. The van der Waals surface area contributed by atoms with Gasteiger partial charge < -0.3 is 10.6 Å². The summed E-state index contributed by atoms with van der Waals surface area (Å²) in [4.78, 5) is 41.7. The van der Waals surface area contributed by atoms with Crippen molar-refractivity contribution in [1.29, 1.82) is 0 Å². The number of nitrogens with zero attached hydrogens (tertiary/aromatic N) is 4. The largest absolute Gasteiger partial charge is 0.349 e. The number of benzene rings is 2. The Hall–Kier alpha value is -3.63. The highest BCUT2D eigenvalue weighted by atomic mass is 79.9. The maximum absolute atomic E-state index is 14.0. The Morgan fingerprint density at radius 1 is 1.20 bits per heavy atom. The van der Waals surface area contributed by atoms with Crippen LogP contribution in [-0.2, 0) is 14.9 Å². The van der Waals surface area contributed by atoms with Crippen LogP contribution >= 0.6 is 39.1 Å². The van der Waals surface area contributed by atoms with Gasteiger partial charge in [-0.1, -0.05) is 29.3 Å². The van der Waals surface area contributed by atoms with Crippen molar-refractivity contribution >= 4 is 84.0 Å². The van der Waals surface area contributed by atoms with E-state index >= 15 is 0 Å². The van der Waals surface area contributed by atoms with Gasteiger partial charge in [-0.2, -0.15) is 13.5 Å². The SMILES string of the molecule is CC(NC(=O)c1cc(Cl)cc(Br)c1NC(=O)C1CC(c2c([N+](=O)[O-])cccc2S(=O)(=O)O)=NN1c1ncccc1Cl)C1CC1. The zero-order valence-corrected chi connectivity index (χ0v) is 26.6. The molecular formula is C27H23BrCl2N6O7S. The average molecular weight is 726 g/mol. The Morgan fingerprint density at radius 2 is 1.93 bits per heavy atom. The fraction of sp³-hybridized carbons (Fsp3) is 0.259. The summed E-state index contributed by atoms with van der Waals surface area (Å²) in [6, 6.07) is 7.69. The summed E-state index contributed by atoms with van der Waals surface area (Å²) in [5.74, 6) is -0.832. The topological polar surface area (TPSA) is 184 Å². The van der Waals surface area contributed by atoms with Crippen molar-refractivity contribution in [2.45, 2.75) is 43.2 Å². The number of carbonyl (C=O) groups excluding carboxylic acids is 2. The van der Waals surface area contributed by atoms with Gasteiger partial charge in [0, 0.05) is 34.2 Å². The number of halogens is 3. The van der Waals surface area contributed by atoms with Gasteiger partial charge >= 0.3 is 0 Å². The predicted molar refractivity (Wildman–Crippen MR) is 167 cm³/mol. The minimum Gasteiger partial charge on any atom is -0.349 e. The minimum atomic E-state index is -4.95. The van der Waals surface area contributed by atoms with E-state index in [0.29, 0.717) is 10.4 Å². The number of rotatable bonds is 9. The minimum absolute atomic E-state index is 0.00250. The summed E-state index contributed by atoms with van der Waals surface area (Å²) in [6.07, 6.45) is 3.02. The first-order chi connectivity index (χ1) is 20.8. The second-order valence-electron chi connectivity index (χ2n) is 10.2. The molecule has 2 aromatic carbocycles. The summed E-state index contributed by atoms with van der Waals surface area (Å²) < 4.78 is 34.7. The molecule has 2 amide bonds. The van der Waals surface area contributed by atoms with Gasteiger partial charge in [-0.3, -0.25) is 24.3 Å². The number of hydrogen-bond acceptors (Lipinski definition) is 9. The Morgan fingerprint density at radius 3 is 2.57 bits per heavy atom. The average Bonchev–Trinajstić information content (AvgIpc) is 3.72. The summed E-state index contributed by atoms with van der Waals surface area (Å²) >= 11 is 16.0. The molecule has 1 fully saturated rings. The first kappa shape index (κ1) is 31.8. The van der Waals surface area contributed by atoms with E-state index < -0.39 is 49.0 Å². The zero-order chi connectivity index (χ0) is 31.9. The third kappa shape index (κ3) is 6.56. The highest BCUT2D eigenvalue weighted by molar-refractivity contribution is 9.10. The fourth-order valence-electron chi connectivity index (χ4n) is 4.87. The Labute approximate surface area is 269 Å². The molecule has 44 heavy (non-hydrogen) atoms. The third-order valence-corrected chi connectivity index (χ3v) is 9.21. The number of nitro benzene ring substituents is 1. The van der Waals surface area contributed by atoms with Crippen molar-refractivity contribution in [1.82, 2.24) is 10.3 Å². The molecule has 230 valence electrons. The third-order valence-electron chi connectivity index (χ3n) is 7.17. The Bertz CT molecular complexity index is 1840. The van der Waals surface area contributed by atoms with Crippen molar-refractivity contribution in [2.24, 2.45) is 11.0 Å². The first-order valence-corrected chi connectivity index (χ1v) is 16.1. The first-order valence-electron chi connectivity index (χ1n) is 13.1. The molecule has 3 N–H and O–H groups in total. The van der Waals surface area contributed by atoms with Gasteiger partial charge in [-0.05, 0) is 71.9 Å². The van der Waals surface area contributed by atoms with Crippen LogP contribution in [0, 0.1) is 16.0 Å². The van der Waals surface area contributed by atoms with Crippen LogP contribution in [0.15, 0.2) is 63.1 Å². The summed E-state index contributed by atoms with van der Waals surface area (Å²) in [6.45, 7) is 1.89. The lowest BCUT2D eigenvalue weighted by molar-refractivity contribution is -0.385. The number of pyridine rings is 1. The van der Waals surface area contributed by atoms with E-state index in [4.69, 9.17) is 23.2 Å². The molecule has 2 atom stereocenters. The van der Waals surface area contributed by atoms with Crippen molar-refractivity contribution in [3.05, 3.63) is 84.4 Å². The quantitative estimate of drug-likeness (QED) is 0.147. The number of aromatic nitrogens is 1. The fourth-order valence-corrected chi connectivity index (χ4v) is 6.72. The highest BCUT2D eigenvalue weighted by Gasteiger charge is 2.40. The van der Waals surface area contributed by atoms with Crippen LogP contribution in [0.5, 0.6) is 0 Å². The maximum Gasteiger partial charge on any atom is 0.295 e. The van der Waals surface area contributed by atoms with Crippen LogP contribution in [0.1, 0.15) is 42.1 Å². The summed E-state index contributed by atoms with van der Waals surface area (Å²) in [5.41, 5.74) is -1.16. The molecule has 0 saturated heterocycles.